The number of nitrogens with one attached hydrogen (secondary N) is 2. The van der Waals surface area contributed by atoms with Gasteiger partial charge in [0.2, 0.25) is 10.0 Å². The van der Waals surface area contributed by atoms with Gasteiger partial charge in [-0.2, -0.15) is 0 Å². The molecule has 4 nitrogen and oxygen atoms in total. The van der Waals surface area contributed by atoms with Crippen molar-refractivity contribution in [3.05, 3.63) is 64.7 Å². The van der Waals surface area contributed by atoms with E-state index in [4.69, 9.17) is 0 Å². The van der Waals surface area contributed by atoms with Crippen molar-refractivity contribution in [2.75, 3.05) is 7.05 Å². The summed E-state index contributed by atoms with van der Waals surface area (Å²) in [5.41, 5.74) is 5.08. The zero-order valence-corrected chi connectivity index (χ0v) is 15.0. The van der Waals surface area contributed by atoms with E-state index in [1.54, 1.807) is 18.2 Å². The summed E-state index contributed by atoms with van der Waals surface area (Å²) < 4.78 is 26.2. The summed E-state index contributed by atoms with van der Waals surface area (Å²) in [6.07, 6.45) is 3.44. The normalized spacial score (nSPS) is 17.5. The smallest absolute Gasteiger partial charge is 0.240 e. The van der Waals surface area contributed by atoms with Gasteiger partial charge in [-0.15, -0.1) is 0 Å². The van der Waals surface area contributed by atoms with Gasteiger partial charge >= 0.3 is 0 Å². The number of hydrogen-bond donors (Lipinski definition) is 2. The molecule has 0 spiro atoms. The van der Waals surface area contributed by atoms with E-state index in [1.165, 1.54) is 30.2 Å². The van der Waals surface area contributed by atoms with Gasteiger partial charge in [0.05, 0.1) is 4.90 Å². The highest BCUT2D eigenvalue weighted by Crippen LogP contribution is 2.30. The van der Waals surface area contributed by atoms with Crippen LogP contribution >= 0.6 is 0 Å². The monoisotopic (exact) mass is 344 g/mol. The number of aryl methyl sites for hydroxylation is 2. The van der Waals surface area contributed by atoms with Gasteiger partial charge < -0.3 is 5.32 Å². The molecule has 24 heavy (non-hydrogen) atoms. The fourth-order valence-electron chi connectivity index (χ4n) is 3.31. The van der Waals surface area contributed by atoms with E-state index in [0.717, 1.165) is 18.4 Å². The van der Waals surface area contributed by atoms with Gasteiger partial charge in [-0.25, -0.2) is 13.1 Å². The lowest BCUT2D eigenvalue weighted by Crippen LogP contribution is -2.25. The SMILES string of the molecule is CNS(=O)(=O)c1cccc(CN[C@@H]2CCCc3ccc(C)cc32)c1. The lowest BCUT2D eigenvalue weighted by atomic mass is 9.86. The highest BCUT2D eigenvalue weighted by molar-refractivity contribution is 7.89. The lowest BCUT2D eigenvalue weighted by Gasteiger charge is -2.27. The number of benzene rings is 2. The van der Waals surface area contributed by atoms with Crippen LogP contribution in [0.25, 0.3) is 0 Å². The molecule has 1 aliphatic carbocycles. The second kappa shape index (κ2) is 7.05. The van der Waals surface area contributed by atoms with Crippen molar-refractivity contribution in [3.63, 3.8) is 0 Å². The van der Waals surface area contributed by atoms with Crippen LogP contribution in [0.1, 0.15) is 41.1 Å². The van der Waals surface area contributed by atoms with Crippen LogP contribution in [0.2, 0.25) is 0 Å². The number of fused-ring (bicyclic) bond motifs is 1. The summed E-state index contributed by atoms with van der Waals surface area (Å²) in [6.45, 7) is 2.78. The maximum Gasteiger partial charge on any atom is 0.240 e. The van der Waals surface area contributed by atoms with Crippen LogP contribution in [-0.2, 0) is 23.0 Å². The van der Waals surface area contributed by atoms with E-state index in [9.17, 15) is 8.42 Å². The van der Waals surface area contributed by atoms with Crippen molar-refractivity contribution >= 4 is 10.0 Å². The van der Waals surface area contributed by atoms with Crippen LogP contribution in [0.4, 0.5) is 0 Å². The Morgan fingerprint density at radius 3 is 2.79 bits per heavy atom. The van der Waals surface area contributed by atoms with Gasteiger partial charge in [0.25, 0.3) is 0 Å². The van der Waals surface area contributed by atoms with E-state index >= 15 is 0 Å². The molecule has 0 saturated carbocycles. The molecule has 3 rings (SSSR count). The molecule has 0 radical (unpaired) electrons. The standard InChI is InChI=1S/C19H24N2O2S/c1-14-9-10-16-6-4-8-19(18(16)11-14)21-13-15-5-3-7-17(12-15)24(22,23)20-2/h3,5,7,9-12,19-21H,4,6,8,13H2,1-2H3/t19-/m1/s1. The van der Waals surface area contributed by atoms with Crippen LogP contribution in [0, 0.1) is 6.92 Å². The maximum atomic E-state index is 11.9. The van der Waals surface area contributed by atoms with Gasteiger partial charge in [-0.05, 0) is 62.1 Å². The summed E-state index contributed by atoms with van der Waals surface area (Å²) in [5, 5.41) is 3.60. The quantitative estimate of drug-likeness (QED) is 0.876. The first-order valence-corrected chi connectivity index (χ1v) is 9.83. The predicted molar refractivity (Wildman–Crippen MR) is 96.4 cm³/mol. The Kier molecular flexibility index (Phi) is 5.04. The highest BCUT2D eigenvalue weighted by atomic mass is 32.2. The molecule has 0 aromatic heterocycles. The number of rotatable bonds is 5. The van der Waals surface area contributed by atoms with Crippen LogP contribution < -0.4 is 10.0 Å². The minimum atomic E-state index is -3.40. The molecule has 0 unspecified atom stereocenters. The molecule has 0 amide bonds. The topological polar surface area (TPSA) is 58.2 Å². The van der Waals surface area contributed by atoms with E-state index in [2.05, 4.69) is 35.2 Å². The van der Waals surface area contributed by atoms with Gasteiger partial charge in [0, 0.05) is 12.6 Å². The Labute approximate surface area is 144 Å². The molecule has 2 aromatic rings. The van der Waals surface area contributed by atoms with Crippen molar-refractivity contribution in [1.82, 2.24) is 10.0 Å². The molecule has 5 heteroatoms. The summed E-state index contributed by atoms with van der Waals surface area (Å²) in [4.78, 5) is 0.309. The summed E-state index contributed by atoms with van der Waals surface area (Å²) in [5.74, 6) is 0. The molecule has 2 N–H and O–H groups in total. The molecular weight excluding hydrogens is 320 g/mol. The van der Waals surface area contributed by atoms with Crippen LogP contribution in [0.5, 0.6) is 0 Å². The van der Waals surface area contributed by atoms with E-state index < -0.39 is 10.0 Å². The third-order valence-electron chi connectivity index (χ3n) is 4.65. The molecule has 128 valence electrons. The first-order chi connectivity index (χ1) is 11.5. The Balaban J connectivity index is 1.76. The first-order valence-electron chi connectivity index (χ1n) is 8.35. The molecule has 0 fully saturated rings. The van der Waals surface area contributed by atoms with Crippen molar-refractivity contribution in [2.45, 2.75) is 43.7 Å². The van der Waals surface area contributed by atoms with E-state index in [1.807, 2.05) is 6.07 Å². The van der Waals surface area contributed by atoms with Crippen molar-refractivity contribution < 1.29 is 8.42 Å². The Bertz CT molecular complexity index is 831. The molecule has 1 aliphatic rings. The lowest BCUT2D eigenvalue weighted by molar-refractivity contribution is 0.458. The van der Waals surface area contributed by atoms with Crippen molar-refractivity contribution in [1.29, 1.82) is 0 Å². The van der Waals surface area contributed by atoms with Crippen molar-refractivity contribution in [3.8, 4) is 0 Å². The summed E-state index contributed by atoms with van der Waals surface area (Å²) >= 11 is 0. The molecule has 1 atom stereocenters. The number of hydrogen-bond acceptors (Lipinski definition) is 3. The van der Waals surface area contributed by atoms with Gasteiger partial charge in [-0.1, -0.05) is 35.9 Å². The summed E-state index contributed by atoms with van der Waals surface area (Å²) in [7, 11) is -1.96. The van der Waals surface area contributed by atoms with E-state index in [0.29, 0.717) is 17.5 Å². The third kappa shape index (κ3) is 3.69. The molecule has 0 aliphatic heterocycles. The minimum Gasteiger partial charge on any atom is -0.306 e. The predicted octanol–water partition coefficient (Wildman–Crippen LogP) is 3.07. The molecule has 0 heterocycles. The molecule has 0 bridgehead atoms. The molecular formula is C19H24N2O2S. The zero-order chi connectivity index (χ0) is 17.2. The fraction of sp³-hybridized carbons (Fsp3) is 0.368. The van der Waals surface area contributed by atoms with Crippen LogP contribution in [0.15, 0.2) is 47.4 Å². The van der Waals surface area contributed by atoms with Crippen LogP contribution in [-0.4, -0.2) is 15.5 Å². The van der Waals surface area contributed by atoms with Crippen LogP contribution in [0.3, 0.4) is 0 Å². The second-order valence-electron chi connectivity index (χ2n) is 6.38. The largest absolute Gasteiger partial charge is 0.306 e. The summed E-state index contributed by atoms with van der Waals surface area (Å²) in [6, 6.07) is 14.1. The Hall–Kier alpha value is -1.69. The average molecular weight is 344 g/mol. The average Bonchev–Trinajstić information content (AvgIpc) is 2.60. The fourth-order valence-corrected chi connectivity index (χ4v) is 4.11. The Morgan fingerprint density at radius 1 is 1.17 bits per heavy atom. The molecule has 2 aromatic carbocycles. The van der Waals surface area contributed by atoms with Gasteiger partial charge in [-0.3, -0.25) is 0 Å². The maximum absolute atomic E-state index is 11.9. The highest BCUT2D eigenvalue weighted by Gasteiger charge is 2.20. The Morgan fingerprint density at radius 2 is 2.00 bits per heavy atom. The minimum absolute atomic E-state index is 0.309. The van der Waals surface area contributed by atoms with Gasteiger partial charge in [0.15, 0.2) is 0 Å². The van der Waals surface area contributed by atoms with Gasteiger partial charge in [0.1, 0.15) is 0 Å². The second-order valence-corrected chi connectivity index (χ2v) is 8.27. The van der Waals surface area contributed by atoms with E-state index in [-0.39, 0.29) is 0 Å². The first kappa shape index (κ1) is 17.1. The molecule has 0 saturated heterocycles. The number of sulfonamides is 1. The zero-order valence-electron chi connectivity index (χ0n) is 14.2. The third-order valence-corrected chi connectivity index (χ3v) is 6.06. The van der Waals surface area contributed by atoms with Crippen molar-refractivity contribution in [2.24, 2.45) is 0 Å².